The predicted octanol–water partition coefficient (Wildman–Crippen LogP) is 4.76. The molecule has 0 fully saturated rings. The molecule has 1 amide bonds. The molecular weight excluding hydrogens is 331 g/mol. The highest BCUT2D eigenvalue weighted by Gasteiger charge is 2.08. The van der Waals surface area contributed by atoms with Crippen molar-refractivity contribution in [1.82, 2.24) is 0 Å². The van der Waals surface area contributed by atoms with Gasteiger partial charge in [0.05, 0.1) is 13.5 Å². The molecule has 4 nitrogen and oxygen atoms in total. The zero-order chi connectivity index (χ0) is 18.4. The lowest BCUT2D eigenvalue weighted by Crippen LogP contribution is -2.15. The molecule has 5 heteroatoms. The van der Waals surface area contributed by atoms with Crippen LogP contribution in [0.15, 0.2) is 72.8 Å². The third-order valence-corrected chi connectivity index (χ3v) is 3.86. The van der Waals surface area contributed by atoms with Crippen molar-refractivity contribution < 1.29 is 13.9 Å². The first-order valence-corrected chi connectivity index (χ1v) is 8.18. The Balaban J connectivity index is 1.58. The SMILES string of the molecule is COc1ccc(Nc2ccc(NC(=O)Cc3ccccc3F)cc2)cc1. The van der Waals surface area contributed by atoms with Crippen molar-refractivity contribution in [3.05, 3.63) is 84.2 Å². The van der Waals surface area contributed by atoms with Gasteiger partial charge in [0.25, 0.3) is 0 Å². The van der Waals surface area contributed by atoms with E-state index in [1.165, 1.54) is 6.07 Å². The minimum Gasteiger partial charge on any atom is -0.497 e. The van der Waals surface area contributed by atoms with E-state index in [0.717, 1.165) is 17.1 Å². The Morgan fingerprint density at radius 2 is 1.46 bits per heavy atom. The molecule has 0 aliphatic heterocycles. The van der Waals surface area contributed by atoms with Crippen molar-refractivity contribution in [2.24, 2.45) is 0 Å². The van der Waals surface area contributed by atoms with Gasteiger partial charge in [0.1, 0.15) is 11.6 Å². The Morgan fingerprint density at radius 1 is 0.885 bits per heavy atom. The average Bonchev–Trinajstić information content (AvgIpc) is 2.66. The van der Waals surface area contributed by atoms with Crippen LogP contribution in [0.25, 0.3) is 0 Å². The molecule has 0 aromatic heterocycles. The molecule has 0 aliphatic rings. The molecule has 0 saturated carbocycles. The largest absolute Gasteiger partial charge is 0.497 e. The smallest absolute Gasteiger partial charge is 0.228 e. The molecule has 3 rings (SSSR count). The number of anilines is 3. The number of halogens is 1. The van der Waals surface area contributed by atoms with Crippen LogP contribution in [0, 0.1) is 5.82 Å². The average molecular weight is 350 g/mol. The highest BCUT2D eigenvalue weighted by Crippen LogP contribution is 2.21. The molecule has 2 N–H and O–H groups in total. The van der Waals surface area contributed by atoms with Gasteiger partial charge in [-0.05, 0) is 60.2 Å². The molecular formula is C21H19FN2O2. The van der Waals surface area contributed by atoms with Gasteiger partial charge in [-0.25, -0.2) is 4.39 Å². The third-order valence-electron chi connectivity index (χ3n) is 3.86. The van der Waals surface area contributed by atoms with E-state index in [2.05, 4.69) is 10.6 Å². The molecule has 0 aliphatic carbocycles. The lowest BCUT2D eigenvalue weighted by atomic mass is 10.1. The molecule has 3 aromatic carbocycles. The lowest BCUT2D eigenvalue weighted by Gasteiger charge is -2.09. The summed E-state index contributed by atoms with van der Waals surface area (Å²) in [5.41, 5.74) is 2.86. The number of amides is 1. The summed E-state index contributed by atoms with van der Waals surface area (Å²) in [6.45, 7) is 0. The van der Waals surface area contributed by atoms with E-state index < -0.39 is 0 Å². The van der Waals surface area contributed by atoms with Gasteiger partial charge in [-0.1, -0.05) is 18.2 Å². The first-order valence-electron chi connectivity index (χ1n) is 8.18. The summed E-state index contributed by atoms with van der Waals surface area (Å²) in [6.07, 6.45) is -0.00147. The van der Waals surface area contributed by atoms with E-state index in [-0.39, 0.29) is 18.1 Å². The quantitative estimate of drug-likeness (QED) is 0.674. The molecule has 0 spiro atoms. The molecule has 0 bridgehead atoms. The summed E-state index contributed by atoms with van der Waals surface area (Å²) >= 11 is 0. The second kappa shape index (κ2) is 8.16. The number of ether oxygens (including phenoxy) is 1. The van der Waals surface area contributed by atoms with E-state index in [1.807, 2.05) is 36.4 Å². The molecule has 26 heavy (non-hydrogen) atoms. The van der Waals surface area contributed by atoms with Gasteiger partial charge in [-0.3, -0.25) is 4.79 Å². The number of carbonyl (C=O) groups excluding carboxylic acids is 1. The summed E-state index contributed by atoms with van der Waals surface area (Å²) in [5, 5.41) is 6.04. The molecule has 0 atom stereocenters. The number of benzene rings is 3. The van der Waals surface area contributed by atoms with Crippen molar-refractivity contribution in [3.63, 3.8) is 0 Å². The Morgan fingerprint density at radius 3 is 2.08 bits per heavy atom. The van der Waals surface area contributed by atoms with Gasteiger partial charge in [0.15, 0.2) is 0 Å². The summed E-state index contributed by atoms with van der Waals surface area (Å²) in [7, 11) is 1.63. The van der Waals surface area contributed by atoms with Crippen molar-refractivity contribution in [3.8, 4) is 5.75 Å². The fourth-order valence-electron chi connectivity index (χ4n) is 2.50. The monoisotopic (exact) mass is 350 g/mol. The fourth-order valence-corrected chi connectivity index (χ4v) is 2.50. The predicted molar refractivity (Wildman–Crippen MR) is 101 cm³/mol. The summed E-state index contributed by atoms with van der Waals surface area (Å²) in [6, 6.07) is 21.2. The zero-order valence-electron chi connectivity index (χ0n) is 14.3. The highest BCUT2D eigenvalue weighted by atomic mass is 19.1. The number of nitrogens with one attached hydrogen (secondary N) is 2. The second-order valence-electron chi connectivity index (χ2n) is 5.75. The van der Waals surface area contributed by atoms with Gasteiger partial charge in [0, 0.05) is 17.1 Å². The van der Waals surface area contributed by atoms with Gasteiger partial charge in [0.2, 0.25) is 5.91 Å². The number of rotatable bonds is 6. The maximum Gasteiger partial charge on any atom is 0.228 e. The number of methoxy groups -OCH3 is 1. The highest BCUT2D eigenvalue weighted by molar-refractivity contribution is 5.92. The van der Waals surface area contributed by atoms with Crippen LogP contribution in [0.1, 0.15) is 5.56 Å². The molecule has 3 aromatic rings. The van der Waals surface area contributed by atoms with Crippen LogP contribution in [0.2, 0.25) is 0 Å². The van der Waals surface area contributed by atoms with Crippen LogP contribution >= 0.6 is 0 Å². The molecule has 0 radical (unpaired) electrons. The van der Waals surface area contributed by atoms with Crippen LogP contribution < -0.4 is 15.4 Å². The minimum absolute atomic E-state index is 0.00147. The first kappa shape index (κ1) is 17.5. The maximum absolute atomic E-state index is 13.6. The van der Waals surface area contributed by atoms with Gasteiger partial charge in [-0.15, -0.1) is 0 Å². The standard InChI is InChI=1S/C21H19FN2O2/c1-26-19-12-10-17(11-13-19)23-16-6-8-18(9-7-16)24-21(25)14-15-4-2-3-5-20(15)22/h2-13,23H,14H2,1H3,(H,24,25). The Kier molecular flexibility index (Phi) is 5.49. The van der Waals surface area contributed by atoms with Crippen molar-refractivity contribution >= 4 is 23.0 Å². The van der Waals surface area contributed by atoms with Crippen molar-refractivity contribution in [2.45, 2.75) is 6.42 Å². The zero-order valence-corrected chi connectivity index (χ0v) is 14.3. The van der Waals surface area contributed by atoms with E-state index >= 15 is 0 Å². The van der Waals surface area contributed by atoms with Crippen LogP contribution in [-0.2, 0) is 11.2 Å². The first-order chi connectivity index (χ1) is 12.6. The summed E-state index contributed by atoms with van der Waals surface area (Å²) in [4.78, 5) is 12.1. The van der Waals surface area contributed by atoms with Crippen molar-refractivity contribution in [2.75, 3.05) is 17.7 Å². The van der Waals surface area contributed by atoms with E-state index in [1.54, 1.807) is 37.4 Å². The second-order valence-corrected chi connectivity index (χ2v) is 5.75. The number of hydrogen-bond donors (Lipinski definition) is 2. The molecule has 0 unspecified atom stereocenters. The van der Waals surface area contributed by atoms with E-state index in [4.69, 9.17) is 4.74 Å². The van der Waals surface area contributed by atoms with Crippen LogP contribution in [0.4, 0.5) is 21.5 Å². The maximum atomic E-state index is 13.6. The molecule has 0 saturated heterocycles. The van der Waals surface area contributed by atoms with Gasteiger partial charge < -0.3 is 15.4 Å². The molecule has 0 heterocycles. The van der Waals surface area contributed by atoms with Gasteiger partial charge >= 0.3 is 0 Å². The lowest BCUT2D eigenvalue weighted by molar-refractivity contribution is -0.115. The van der Waals surface area contributed by atoms with Gasteiger partial charge in [-0.2, -0.15) is 0 Å². The Hall–Kier alpha value is -3.34. The fraction of sp³-hybridized carbons (Fsp3) is 0.0952. The molecule has 132 valence electrons. The summed E-state index contributed by atoms with van der Waals surface area (Å²) < 4.78 is 18.7. The minimum atomic E-state index is -0.373. The topological polar surface area (TPSA) is 50.4 Å². The third kappa shape index (κ3) is 4.60. The Bertz CT molecular complexity index is 877. The van der Waals surface area contributed by atoms with E-state index in [9.17, 15) is 9.18 Å². The van der Waals surface area contributed by atoms with Crippen LogP contribution in [0.5, 0.6) is 5.75 Å². The van der Waals surface area contributed by atoms with E-state index in [0.29, 0.717) is 11.3 Å². The number of hydrogen-bond acceptors (Lipinski definition) is 3. The van der Waals surface area contributed by atoms with Crippen LogP contribution in [0.3, 0.4) is 0 Å². The van der Waals surface area contributed by atoms with Crippen LogP contribution in [-0.4, -0.2) is 13.0 Å². The van der Waals surface area contributed by atoms with Crippen molar-refractivity contribution in [1.29, 1.82) is 0 Å². The summed E-state index contributed by atoms with van der Waals surface area (Å²) in [5.74, 6) is 0.163. The number of carbonyl (C=O) groups is 1. The normalized spacial score (nSPS) is 10.2. The Labute approximate surface area is 151 Å².